The van der Waals surface area contributed by atoms with Gasteiger partial charge >= 0.3 is 33.3 Å². The molecule has 0 spiro atoms. The van der Waals surface area contributed by atoms with Gasteiger partial charge < -0.3 is 45.1 Å². The van der Waals surface area contributed by atoms with Gasteiger partial charge in [0.05, 0.1) is 13.2 Å². The van der Waals surface area contributed by atoms with E-state index >= 15 is 0 Å². The van der Waals surface area contributed by atoms with E-state index < -0.39 is 83.7 Å². The fourth-order valence-corrected chi connectivity index (χ4v) is 10.7. The van der Waals surface area contributed by atoms with Gasteiger partial charge in [0.2, 0.25) is 0 Å². The number of aliphatic hydroxyl groups is 3. The van der Waals surface area contributed by atoms with Crippen LogP contribution in [0.1, 0.15) is 219 Å². The first kappa shape index (κ1) is 70.8. The van der Waals surface area contributed by atoms with Gasteiger partial charge in [-0.2, -0.15) is 9.29 Å². The minimum absolute atomic E-state index is 0.0351. The molecule has 1 aromatic heterocycles. The number of allylic oxidation sites excluding steroid dienone is 8. The highest BCUT2D eigenvalue weighted by Crippen LogP contribution is 2.60. The number of nitrogen functional groups attached to an aromatic ring is 1. The lowest BCUT2D eigenvalue weighted by Gasteiger charge is -2.21. The summed E-state index contributed by atoms with van der Waals surface area (Å²) < 4.78 is 56.9. The molecule has 1 aromatic rings. The summed E-state index contributed by atoms with van der Waals surface area (Å²) in [5, 5.41) is 29.8. The van der Waals surface area contributed by atoms with Crippen molar-refractivity contribution in [1.82, 2.24) is 9.55 Å². The van der Waals surface area contributed by atoms with Crippen LogP contribution in [-0.4, -0.2) is 97.4 Å². The van der Waals surface area contributed by atoms with Crippen LogP contribution in [-0.2, 0) is 46.3 Å². The smallest absolute Gasteiger partial charge is 0.462 e. The largest absolute Gasteiger partial charge is 0.481 e. The maximum absolute atomic E-state index is 12.9. The third-order valence-electron chi connectivity index (χ3n) is 13.5. The van der Waals surface area contributed by atoms with Gasteiger partial charge in [0.1, 0.15) is 30.7 Å². The number of hydrogen-bond donors (Lipinski definition) is 6. The normalized spacial score (nSPS) is 19.3. The summed E-state index contributed by atoms with van der Waals surface area (Å²) in [7, 11) is -10.9. The van der Waals surface area contributed by atoms with Crippen molar-refractivity contribution in [2.75, 3.05) is 32.2 Å². The number of phosphoric ester groups is 2. The van der Waals surface area contributed by atoms with Gasteiger partial charge in [0.25, 0.3) is 0 Å². The Hall–Kier alpha value is -3.32. The van der Waals surface area contributed by atoms with Crippen molar-refractivity contribution in [3.63, 3.8) is 0 Å². The number of carbonyl (C=O) groups is 2. The highest BCUT2D eigenvalue weighted by Gasteiger charge is 2.46. The van der Waals surface area contributed by atoms with E-state index in [0.717, 1.165) is 87.3 Å². The van der Waals surface area contributed by atoms with Crippen molar-refractivity contribution in [3.05, 3.63) is 71.4 Å². The zero-order valence-corrected chi connectivity index (χ0v) is 48.9. The summed E-state index contributed by atoms with van der Waals surface area (Å²) in [6.07, 6.45) is 42.0. The topological polar surface area (TPSA) is 286 Å². The summed E-state index contributed by atoms with van der Waals surface area (Å²) in [6, 6.07) is 1.25. The SMILES string of the molecule is CCC(C)CCCCCCCCCCCCCCCCCCCCC(=O)OC[C@H](COP(=O)(O)OP(=O)(O)OC[C@H]1O[C@@H](n2ccc(N)nc2=O)[C@H](O)[C@@H]1O)OC(=O)CCC/C=C\C/C=C\C/C=C\C/C=C\CCCCCO. The number of phosphoric acid groups is 2. The van der Waals surface area contributed by atoms with E-state index in [-0.39, 0.29) is 25.3 Å². The number of esters is 2. The maximum atomic E-state index is 12.9. The molecule has 2 rings (SSSR count). The average molecular weight is 1140 g/mol. The molecule has 8 atom stereocenters. The number of hydrogen-bond acceptors (Lipinski definition) is 16. The van der Waals surface area contributed by atoms with Crippen LogP contribution in [0, 0.1) is 5.92 Å². The third-order valence-corrected chi connectivity index (χ3v) is 16.1. The molecule has 7 N–H and O–H groups in total. The van der Waals surface area contributed by atoms with E-state index in [1.165, 1.54) is 102 Å². The Bertz CT molecular complexity index is 2020. The summed E-state index contributed by atoms with van der Waals surface area (Å²) in [5.41, 5.74) is 4.59. The van der Waals surface area contributed by atoms with Gasteiger partial charge in [-0.05, 0) is 69.8 Å². The maximum Gasteiger partial charge on any atom is 0.481 e. The predicted molar refractivity (Wildman–Crippen MR) is 304 cm³/mol. The van der Waals surface area contributed by atoms with Crippen molar-refractivity contribution < 1.29 is 71.4 Å². The third kappa shape index (κ3) is 36.1. The molecule has 0 aromatic carbocycles. The molecule has 21 heteroatoms. The van der Waals surface area contributed by atoms with Crippen LogP contribution in [0.3, 0.4) is 0 Å². The molecule has 1 saturated heterocycles. The highest BCUT2D eigenvalue weighted by molar-refractivity contribution is 7.61. The minimum Gasteiger partial charge on any atom is -0.462 e. The van der Waals surface area contributed by atoms with Gasteiger partial charge in [0.15, 0.2) is 12.3 Å². The molecule has 1 aliphatic rings. The molecule has 0 saturated carbocycles. The number of carbonyl (C=O) groups excluding carboxylic acids is 2. The van der Waals surface area contributed by atoms with Crippen molar-refractivity contribution in [2.45, 2.75) is 244 Å². The summed E-state index contributed by atoms with van der Waals surface area (Å²) >= 11 is 0. The van der Waals surface area contributed by atoms with Crippen LogP contribution in [0.2, 0.25) is 0 Å². The van der Waals surface area contributed by atoms with Crippen molar-refractivity contribution >= 4 is 33.4 Å². The molecule has 3 unspecified atom stereocenters. The van der Waals surface area contributed by atoms with Crippen LogP contribution in [0.25, 0.3) is 0 Å². The van der Waals surface area contributed by atoms with E-state index in [2.05, 4.69) is 53.5 Å². The first-order chi connectivity index (χ1) is 37.6. The molecule has 1 aliphatic heterocycles. The number of rotatable bonds is 49. The van der Waals surface area contributed by atoms with E-state index in [4.69, 9.17) is 34.1 Å². The fourth-order valence-electron chi connectivity index (χ4n) is 8.62. The van der Waals surface area contributed by atoms with Crippen LogP contribution >= 0.6 is 15.6 Å². The van der Waals surface area contributed by atoms with Crippen molar-refractivity contribution in [1.29, 1.82) is 0 Å². The Morgan fingerprint density at radius 1 is 0.679 bits per heavy atom. The molecule has 0 bridgehead atoms. The number of anilines is 1. The molecular formula is C57H99N3O16P2. The molecule has 1 fully saturated rings. The zero-order valence-electron chi connectivity index (χ0n) is 47.1. The van der Waals surface area contributed by atoms with E-state index in [0.29, 0.717) is 19.3 Å². The number of nitrogens with two attached hydrogens (primary N) is 1. The molecule has 19 nitrogen and oxygen atoms in total. The summed E-state index contributed by atoms with van der Waals surface area (Å²) in [4.78, 5) is 62.1. The van der Waals surface area contributed by atoms with Crippen molar-refractivity contribution in [3.8, 4) is 0 Å². The minimum atomic E-state index is -5.45. The molecule has 0 aliphatic carbocycles. The Kier molecular flexibility index (Phi) is 40.2. The number of ether oxygens (including phenoxy) is 3. The molecule has 0 amide bonds. The Morgan fingerprint density at radius 3 is 1.71 bits per heavy atom. The average Bonchev–Trinajstić information content (AvgIpc) is 3.72. The summed E-state index contributed by atoms with van der Waals surface area (Å²) in [5.74, 6) is -0.502. The van der Waals surface area contributed by atoms with Gasteiger partial charge in [-0.1, -0.05) is 191 Å². The highest BCUT2D eigenvalue weighted by atomic mass is 31.3. The van der Waals surface area contributed by atoms with Gasteiger partial charge in [-0.15, -0.1) is 0 Å². The quantitative estimate of drug-likeness (QED) is 0.0153. The van der Waals surface area contributed by atoms with E-state index in [1.54, 1.807) is 0 Å². The molecule has 448 valence electrons. The number of nitrogens with zero attached hydrogens (tertiary/aromatic N) is 2. The van der Waals surface area contributed by atoms with Gasteiger partial charge in [-0.3, -0.25) is 23.2 Å². The second-order valence-corrected chi connectivity index (χ2v) is 23.5. The lowest BCUT2D eigenvalue weighted by atomic mass is 9.99. The van der Waals surface area contributed by atoms with Crippen LogP contribution < -0.4 is 11.4 Å². The Labute approximate surface area is 465 Å². The first-order valence-corrected chi connectivity index (χ1v) is 32.1. The lowest BCUT2D eigenvalue weighted by Crippen LogP contribution is -2.36. The Morgan fingerprint density at radius 2 is 1.17 bits per heavy atom. The zero-order chi connectivity index (χ0) is 57.1. The van der Waals surface area contributed by atoms with Crippen LogP contribution in [0.15, 0.2) is 65.7 Å². The monoisotopic (exact) mass is 1140 g/mol. The second kappa shape index (κ2) is 44.3. The number of aliphatic hydroxyl groups excluding tert-OH is 3. The number of unbranched alkanes of at least 4 members (excludes halogenated alkanes) is 21. The standard InChI is InChI=1S/C57H99N3O16P2/c1-3-48(2)39-35-31-27-23-19-15-11-7-4-5-8-12-16-20-24-28-32-36-40-52(62)71-45-49(74-53(63)41-37-33-29-25-21-17-13-9-6-10-14-18-22-26-30-34-38-44-61)46-72-77(67,68)76-78(69,70)73-47-50-54(64)55(65)56(75-50)60-43-42-51(58)59-57(60)66/h6,10,13,17-18,22,25,29,42-43,48-50,54-56,61,64-65H,3-5,7-9,11-12,14-16,19-21,23-24,26-28,30-41,44-47H2,1-2H3,(H,67,68)(H,69,70)(H2,58,59,66)/b10-6-,17-13-,22-18-,29-25-/t48?,49-,50-,54-,55-,56-/m1/s1. The van der Waals surface area contributed by atoms with E-state index in [1.807, 2.05) is 18.2 Å². The molecule has 78 heavy (non-hydrogen) atoms. The first-order valence-electron chi connectivity index (χ1n) is 29.2. The van der Waals surface area contributed by atoms with Crippen molar-refractivity contribution in [2.24, 2.45) is 5.92 Å². The summed E-state index contributed by atoms with van der Waals surface area (Å²) in [6.45, 7) is 2.52. The number of aromatic nitrogens is 2. The van der Waals surface area contributed by atoms with Gasteiger partial charge in [0, 0.05) is 25.6 Å². The van der Waals surface area contributed by atoms with Crippen LogP contribution in [0.5, 0.6) is 0 Å². The predicted octanol–water partition coefficient (Wildman–Crippen LogP) is 12.1. The van der Waals surface area contributed by atoms with Crippen LogP contribution in [0.4, 0.5) is 5.82 Å². The molecular weight excluding hydrogens is 1040 g/mol. The fraction of sp³-hybridized carbons (Fsp3) is 0.754. The van der Waals surface area contributed by atoms with Gasteiger partial charge in [-0.25, -0.2) is 13.9 Å². The Balaban J connectivity index is 1.75. The van der Waals surface area contributed by atoms with E-state index in [9.17, 15) is 43.5 Å². The second-order valence-electron chi connectivity index (χ2n) is 20.5. The molecule has 0 radical (unpaired) electrons. The lowest BCUT2D eigenvalue weighted by molar-refractivity contribution is -0.161. The molecule has 2 heterocycles.